The molecular weight excluding hydrogens is 797 g/mol. The zero-order chi connectivity index (χ0) is 43.8. The summed E-state index contributed by atoms with van der Waals surface area (Å²) < 4.78 is 0. The van der Waals surface area contributed by atoms with Crippen molar-refractivity contribution in [1.82, 2.24) is 10.2 Å². The predicted octanol–water partition coefficient (Wildman–Crippen LogP) is 17.3. The van der Waals surface area contributed by atoms with Gasteiger partial charge in [0.1, 0.15) is 0 Å². The van der Waals surface area contributed by atoms with Crippen LogP contribution in [0.15, 0.2) is 12.2 Å². The summed E-state index contributed by atoms with van der Waals surface area (Å²) in [4.78, 5) is 3.42. The molecule has 0 aromatic heterocycles. The van der Waals surface area contributed by atoms with Crippen molar-refractivity contribution in [2.24, 2.45) is 94.7 Å². The average Bonchev–Trinajstić information content (AvgIpc) is 3.39. The lowest BCUT2D eigenvalue weighted by Crippen LogP contribution is -2.57. The second-order valence-corrected chi connectivity index (χ2v) is 27.9. The zero-order valence-electron chi connectivity index (χ0n) is 43.2. The summed E-state index contributed by atoms with van der Waals surface area (Å²) in [6.07, 6.45) is 68.9. The van der Waals surface area contributed by atoms with E-state index in [2.05, 4.69) is 22.4 Å². The van der Waals surface area contributed by atoms with Gasteiger partial charge in [0.15, 0.2) is 0 Å². The Morgan fingerprint density at radius 3 is 1.27 bits per heavy atom. The minimum absolute atomic E-state index is 0.839. The molecule has 0 aromatic carbocycles. The van der Waals surface area contributed by atoms with Crippen LogP contribution < -0.4 is 5.32 Å². The zero-order valence-corrected chi connectivity index (χ0v) is 43.2. The highest BCUT2D eigenvalue weighted by atomic mass is 15.2. The summed E-state index contributed by atoms with van der Waals surface area (Å²) in [5.74, 6) is 16.8. The topological polar surface area (TPSA) is 15.3 Å². The van der Waals surface area contributed by atoms with Crippen LogP contribution in [0.2, 0.25) is 0 Å². The normalized spacial score (nSPS) is 49.5. The smallest absolute Gasteiger partial charge is 0.0132 e. The number of rotatable bonds is 9. The highest BCUT2D eigenvalue weighted by Gasteiger charge is 2.56. The third kappa shape index (κ3) is 9.93. The lowest BCUT2D eigenvalue weighted by Gasteiger charge is -2.61. The maximum atomic E-state index is 4.42. The van der Waals surface area contributed by atoms with Gasteiger partial charge < -0.3 is 5.32 Å². The molecule has 12 aliphatic rings. The van der Waals surface area contributed by atoms with Gasteiger partial charge in [-0.25, -0.2) is 0 Å². The van der Waals surface area contributed by atoms with Crippen LogP contribution in [0.3, 0.4) is 0 Å². The van der Waals surface area contributed by atoms with E-state index in [0.29, 0.717) is 0 Å². The Morgan fingerprint density at radius 1 is 0.273 bits per heavy atom. The van der Waals surface area contributed by atoms with Crippen LogP contribution in [-0.2, 0) is 0 Å². The van der Waals surface area contributed by atoms with E-state index in [9.17, 15) is 0 Å². The Balaban J connectivity index is 0.706. The van der Waals surface area contributed by atoms with Crippen LogP contribution in [0.25, 0.3) is 0 Å². The number of fused-ring (bicyclic) bond motifs is 7. The first kappa shape index (κ1) is 46.7. The molecule has 2 heteroatoms. The first-order chi connectivity index (χ1) is 32.7. The predicted molar refractivity (Wildman–Crippen MR) is 278 cm³/mol. The van der Waals surface area contributed by atoms with Crippen molar-refractivity contribution in [2.75, 3.05) is 0 Å². The van der Waals surface area contributed by atoms with Crippen LogP contribution in [0.4, 0.5) is 0 Å². The highest BCUT2D eigenvalue weighted by molar-refractivity contribution is 5.07. The molecule has 372 valence electrons. The molecule has 12 fully saturated rings. The van der Waals surface area contributed by atoms with Crippen molar-refractivity contribution in [3.8, 4) is 0 Å². The van der Waals surface area contributed by atoms with Gasteiger partial charge in [-0.05, 0) is 249 Å². The molecule has 0 aromatic rings. The second-order valence-electron chi connectivity index (χ2n) is 27.9. The number of nitrogens with one attached hydrogen (secondary N) is 1. The molecule has 14 unspecified atom stereocenters. The van der Waals surface area contributed by atoms with E-state index in [1.54, 1.807) is 141 Å². The van der Waals surface area contributed by atoms with Crippen molar-refractivity contribution in [3.05, 3.63) is 12.2 Å². The fourth-order valence-corrected chi connectivity index (χ4v) is 22.2. The van der Waals surface area contributed by atoms with Gasteiger partial charge in [-0.15, -0.1) is 0 Å². The van der Waals surface area contributed by atoms with Crippen LogP contribution >= 0.6 is 0 Å². The molecule has 0 bridgehead atoms. The van der Waals surface area contributed by atoms with E-state index in [0.717, 1.165) is 125 Å². The van der Waals surface area contributed by atoms with E-state index in [4.69, 9.17) is 0 Å². The molecule has 1 N–H and O–H groups in total. The van der Waals surface area contributed by atoms with Gasteiger partial charge in [0.25, 0.3) is 0 Å². The highest BCUT2D eigenvalue weighted by Crippen LogP contribution is 2.64. The van der Waals surface area contributed by atoms with Crippen LogP contribution in [0, 0.1) is 94.7 Å². The van der Waals surface area contributed by atoms with Crippen LogP contribution in [-0.4, -0.2) is 35.1 Å². The van der Waals surface area contributed by atoms with Gasteiger partial charge >= 0.3 is 0 Å². The van der Waals surface area contributed by atoms with Crippen LogP contribution in [0.1, 0.15) is 263 Å². The lowest BCUT2D eigenvalue weighted by atomic mass is 9.44. The molecule has 0 spiro atoms. The number of nitrogens with zero attached hydrogens (tertiary/aromatic N) is 1. The first-order valence-electron chi connectivity index (χ1n) is 31.9. The number of allylic oxidation sites excluding steroid dienone is 2. The van der Waals surface area contributed by atoms with E-state index in [1.165, 1.54) is 122 Å². The maximum absolute atomic E-state index is 4.42. The minimum atomic E-state index is 0.839. The summed E-state index contributed by atoms with van der Waals surface area (Å²) in [5.41, 5.74) is 0. The van der Waals surface area contributed by atoms with Crippen LogP contribution in [0.5, 0.6) is 0 Å². The van der Waals surface area contributed by atoms with Gasteiger partial charge in [0.2, 0.25) is 0 Å². The van der Waals surface area contributed by atoms with Gasteiger partial charge in [-0.1, -0.05) is 121 Å². The molecule has 12 saturated carbocycles. The van der Waals surface area contributed by atoms with E-state index in [-0.39, 0.29) is 0 Å². The maximum Gasteiger partial charge on any atom is 0.0132 e. The molecular formula is C64H106N2. The molecule has 0 saturated heterocycles. The SMILES string of the molecule is C(=CC1CCC(N(C2CCC(C3CC4C5CCCCC5C(C5CCC(NC6CCCC7CCCCC76)CC5)CC4C4CCCCC34)CC2)C2CCCC3CCCCC32)CC1)C1CCCCC1. The Bertz CT molecular complexity index is 1520. The molecule has 0 aliphatic heterocycles. The van der Waals surface area contributed by atoms with Crippen molar-refractivity contribution in [1.29, 1.82) is 0 Å². The summed E-state index contributed by atoms with van der Waals surface area (Å²) in [5, 5.41) is 4.42. The summed E-state index contributed by atoms with van der Waals surface area (Å²) in [6, 6.07) is 4.42. The summed E-state index contributed by atoms with van der Waals surface area (Å²) >= 11 is 0. The van der Waals surface area contributed by atoms with Crippen molar-refractivity contribution in [3.63, 3.8) is 0 Å². The fourth-order valence-electron chi connectivity index (χ4n) is 22.2. The molecule has 66 heavy (non-hydrogen) atoms. The van der Waals surface area contributed by atoms with Crippen molar-refractivity contribution in [2.45, 2.75) is 293 Å². The van der Waals surface area contributed by atoms with Gasteiger partial charge in [0, 0.05) is 30.2 Å². The standard InChI is InChI=1S/C64H106N2/c1-2-14-44(15-3-1)28-29-45-30-38-51(39-31-45)66(64-27-13-19-47-17-5-7-21-54(47)64)52-40-34-49(35-41-52)60-43-62-57-24-10-8-22-55(57)59(42-61(62)58-25-11-9-23-56(58)60)48-32-36-50(37-33-48)65-63-26-12-18-46-16-4-6-20-53(46)63/h28-29,44-65H,1-27,30-43H2. The molecule has 12 aliphatic carbocycles. The first-order valence-corrected chi connectivity index (χ1v) is 31.9. The van der Waals surface area contributed by atoms with E-state index < -0.39 is 0 Å². The molecule has 12 rings (SSSR count). The van der Waals surface area contributed by atoms with Crippen molar-refractivity contribution >= 4 is 0 Å². The van der Waals surface area contributed by atoms with E-state index in [1.807, 2.05) is 0 Å². The van der Waals surface area contributed by atoms with Gasteiger partial charge in [-0.2, -0.15) is 0 Å². The third-order valence-corrected chi connectivity index (χ3v) is 25.1. The number of hydrogen-bond acceptors (Lipinski definition) is 2. The average molecular weight is 904 g/mol. The van der Waals surface area contributed by atoms with Crippen molar-refractivity contribution < 1.29 is 0 Å². The van der Waals surface area contributed by atoms with Gasteiger partial charge in [0.05, 0.1) is 0 Å². The minimum Gasteiger partial charge on any atom is -0.311 e. The number of hydrogen-bond donors (Lipinski definition) is 1. The molecule has 14 atom stereocenters. The molecule has 2 nitrogen and oxygen atoms in total. The monoisotopic (exact) mass is 903 g/mol. The molecule has 0 heterocycles. The van der Waals surface area contributed by atoms with Gasteiger partial charge in [-0.3, -0.25) is 4.90 Å². The summed E-state index contributed by atoms with van der Waals surface area (Å²) in [7, 11) is 0. The Morgan fingerprint density at radius 2 is 0.682 bits per heavy atom. The van der Waals surface area contributed by atoms with E-state index >= 15 is 0 Å². The summed E-state index contributed by atoms with van der Waals surface area (Å²) in [6.45, 7) is 0. The Kier molecular flexibility index (Phi) is 15.4. The lowest BCUT2D eigenvalue weighted by molar-refractivity contribution is -0.120. The third-order valence-electron chi connectivity index (χ3n) is 25.1. The second kappa shape index (κ2) is 21.8. The Hall–Kier alpha value is -0.340. The largest absolute Gasteiger partial charge is 0.311 e. The quantitative estimate of drug-likeness (QED) is 0.232. The Labute approximate surface area is 408 Å². The molecule has 0 radical (unpaired) electrons. The molecule has 0 amide bonds. The fraction of sp³-hybridized carbons (Fsp3) is 0.969.